The topological polar surface area (TPSA) is 52.2 Å². The number of aromatic amines is 1. The van der Waals surface area contributed by atoms with E-state index in [1.54, 1.807) is 6.20 Å². The molecule has 2 aromatic rings. The molecule has 1 spiro atoms. The predicted molar refractivity (Wildman–Crippen MR) is 107 cm³/mol. The molecule has 1 aromatic heterocycles. The van der Waals surface area contributed by atoms with Gasteiger partial charge in [-0.15, -0.1) is 0 Å². The first kappa shape index (κ1) is 18.2. The van der Waals surface area contributed by atoms with Gasteiger partial charge in [0, 0.05) is 30.7 Å². The summed E-state index contributed by atoms with van der Waals surface area (Å²) in [6.07, 6.45) is 7.64. The smallest absolute Gasteiger partial charge is 0.257 e. The average Bonchev–Trinajstić information content (AvgIpc) is 3.29. The van der Waals surface area contributed by atoms with Gasteiger partial charge in [0.05, 0.1) is 11.8 Å². The number of benzene rings is 1. The van der Waals surface area contributed by atoms with Gasteiger partial charge >= 0.3 is 0 Å². The van der Waals surface area contributed by atoms with Crippen molar-refractivity contribution in [3.05, 3.63) is 53.3 Å². The van der Waals surface area contributed by atoms with Crippen LogP contribution in [0.4, 0.5) is 0 Å². The Bertz CT molecular complexity index is 772. The summed E-state index contributed by atoms with van der Waals surface area (Å²) in [5.41, 5.74) is 3.31. The molecule has 2 saturated heterocycles. The minimum atomic E-state index is 0.138. The lowest BCUT2D eigenvalue weighted by Gasteiger charge is -2.40. The third kappa shape index (κ3) is 4.08. The largest absolute Gasteiger partial charge is 0.338 e. The van der Waals surface area contributed by atoms with Gasteiger partial charge < -0.3 is 9.80 Å². The van der Waals surface area contributed by atoms with Crippen LogP contribution in [-0.2, 0) is 6.42 Å². The third-order valence-electron chi connectivity index (χ3n) is 6.31. The van der Waals surface area contributed by atoms with Crippen LogP contribution >= 0.6 is 0 Å². The minimum Gasteiger partial charge on any atom is -0.338 e. The van der Waals surface area contributed by atoms with E-state index in [0.29, 0.717) is 0 Å². The van der Waals surface area contributed by atoms with Crippen molar-refractivity contribution in [3.8, 4) is 0 Å². The van der Waals surface area contributed by atoms with Crippen LogP contribution in [-0.4, -0.2) is 58.6 Å². The van der Waals surface area contributed by atoms with Crippen molar-refractivity contribution in [1.82, 2.24) is 20.0 Å². The molecule has 5 nitrogen and oxygen atoms in total. The predicted octanol–water partition coefficient (Wildman–Crippen LogP) is 3.28. The highest BCUT2D eigenvalue weighted by Crippen LogP contribution is 2.39. The maximum Gasteiger partial charge on any atom is 0.257 e. The van der Waals surface area contributed by atoms with Gasteiger partial charge in [-0.25, -0.2) is 0 Å². The molecule has 0 bridgehead atoms. The van der Waals surface area contributed by atoms with Gasteiger partial charge in [0.1, 0.15) is 0 Å². The first-order chi connectivity index (χ1) is 13.2. The Labute approximate surface area is 161 Å². The van der Waals surface area contributed by atoms with Crippen molar-refractivity contribution in [2.24, 2.45) is 5.41 Å². The van der Waals surface area contributed by atoms with Gasteiger partial charge in [-0.3, -0.25) is 9.89 Å². The van der Waals surface area contributed by atoms with Crippen LogP contribution in [0.3, 0.4) is 0 Å². The molecule has 3 heterocycles. The second-order valence-corrected chi connectivity index (χ2v) is 8.35. The highest BCUT2D eigenvalue weighted by molar-refractivity contribution is 5.95. The summed E-state index contributed by atoms with van der Waals surface area (Å²) in [6.45, 7) is 7.18. The Morgan fingerprint density at radius 1 is 1.19 bits per heavy atom. The van der Waals surface area contributed by atoms with Gasteiger partial charge in [0.2, 0.25) is 0 Å². The number of nitrogens with zero attached hydrogens (tertiary/aromatic N) is 3. The van der Waals surface area contributed by atoms with Crippen LogP contribution in [0.5, 0.6) is 0 Å². The highest BCUT2D eigenvalue weighted by atomic mass is 16.2. The molecule has 5 heteroatoms. The molecule has 0 unspecified atom stereocenters. The van der Waals surface area contributed by atoms with E-state index in [9.17, 15) is 4.79 Å². The van der Waals surface area contributed by atoms with Crippen LogP contribution in [0, 0.1) is 12.3 Å². The lowest BCUT2D eigenvalue weighted by Crippen LogP contribution is -2.45. The molecule has 0 saturated carbocycles. The van der Waals surface area contributed by atoms with E-state index in [-0.39, 0.29) is 11.3 Å². The van der Waals surface area contributed by atoms with E-state index in [2.05, 4.69) is 45.4 Å². The van der Waals surface area contributed by atoms with Crippen LogP contribution in [0.15, 0.2) is 36.5 Å². The first-order valence-electron chi connectivity index (χ1n) is 10.2. The van der Waals surface area contributed by atoms with E-state index >= 15 is 0 Å². The maximum atomic E-state index is 12.8. The number of aryl methyl sites for hydroxylation is 2. The molecule has 144 valence electrons. The molecule has 1 aromatic carbocycles. The third-order valence-corrected chi connectivity index (χ3v) is 6.31. The number of rotatable bonds is 5. The number of carbonyl (C=O) groups is 1. The Kier molecular flexibility index (Phi) is 5.30. The standard InChI is InChI=1S/C22H30N4O/c1-18-20(15-23-24-18)21(27)26-14-11-22(17-26)10-6-13-25(16-22)12-5-9-19-7-3-2-4-8-19/h2-4,7-8,15H,5-6,9-14,16-17H2,1H3,(H,23,24)/t22-/m0/s1. The second kappa shape index (κ2) is 7.85. The molecule has 27 heavy (non-hydrogen) atoms. The Morgan fingerprint density at radius 2 is 2.04 bits per heavy atom. The van der Waals surface area contributed by atoms with Crippen LogP contribution in [0.1, 0.15) is 47.3 Å². The van der Waals surface area contributed by atoms with E-state index in [4.69, 9.17) is 0 Å². The van der Waals surface area contributed by atoms with Crippen molar-refractivity contribution in [2.45, 2.75) is 39.0 Å². The minimum absolute atomic E-state index is 0.138. The molecule has 0 aliphatic carbocycles. The van der Waals surface area contributed by atoms with Crippen LogP contribution < -0.4 is 0 Å². The maximum absolute atomic E-state index is 12.8. The molecule has 1 N–H and O–H groups in total. The summed E-state index contributed by atoms with van der Waals surface area (Å²) in [4.78, 5) is 17.5. The lowest BCUT2D eigenvalue weighted by molar-refractivity contribution is 0.0687. The number of hydrogen-bond donors (Lipinski definition) is 1. The first-order valence-corrected chi connectivity index (χ1v) is 10.2. The van der Waals surface area contributed by atoms with Crippen LogP contribution in [0.25, 0.3) is 0 Å². The van der Waals surface area contributed by atoms with Crippen molar-refractivity contribution in [2.75, 3.05) is 32.7 Å². The lowest BCUT2D eigenvalue weighted by atomic mass is 9.79. The molecule has 2 aliphatic heterocycles. The summed E-state index contributed by atoms with van der Waals surface area (Å²) in [5.74, 6) is 0.138. The molecule has 4 rings (SSSR count). The van der Waals surface area contributed by atoms with Gasteiger partial charge in [-0.2, -0.15) is 5.10 Å². The fourth-order valence-corrected chi connectivity index (χ4v) is 4.83. The van der Waals surface area contributed by atoms with E-state index in [1.807, 2.05) is 11.8 Å². The fourth-order valence-electron chi connectivity index (χ4n) is 4.83. The van der Waals surface area contributed by atoms with E-state index < -0.39 is 0 Å². The monoisotopic (exact) mass is 366 g/mol. The number of likely N-dealkylation sites (tertiary alicyclic amines) is 2. The van der Waals surface area contributed by atoms with Crippen molar-refractivity contribution in [3.63, 3.8) is 0 Å². The molecule has 0 radical (unpaired) electrons. The van der Waals surface area contributed by atoms with Crippen molar-refractivity contribution in [1.29, 1.82) is 0 Å². The number of H-pyrrole nitrogens is 1. The summed E-state index contributed by atoms with van der Waals surface area (Å²) < 4.78 is 0. The number of aromatic nitrogens is 2. The zero-order chi connectivity index (χ0) is 18.7. The van der Waals surface area contributed by atoms with Crippen molar-refractivity contribution >= 4 is 5.91 Å². The molecule has 2 aliphatic rings. The van der Waals surface area contributed by atoms with Gasteiger partial charge in [0.25, 0.3) is 5.91 Å². The highest BCUT2D eigenvalue weighted by Gasteiger charge is 2.43. The van der Waals surface area contributed by atoms with Crippen molar-refractivity contribution < 1.29 is 4.79 Å². The molecular formula is C22H30N4O. The fraction of sp³-hybridized carbons (Fsp3) is 0.545. The summed E-state index contributed by atoms with van der Waals surface area (Å²) in [6, 6.07) is 10.8. The molecule has 2 fully saturated rings. The average molecular weight is 367 g/mol. The van der Waals surface area contributed by atoms with Gasteiger partial charge in [-0.1, -0.05) is 30.3 Å². The van der Waals surface area contributed by atoms with E-state index in [1.165, 1.54) is 31.4 Å². The molecule has 1 amide bonds. The summed E-state index contributed by atoms with van der Waals surface area (Å²) in [7, 11) is 0. The summed E-state index contributed by atoms with van der Waals surface area (Å²) >= 11 is 0. The second-order valence-electron chi connectivity index (χ2n) is 8.35. The van der Waals surface area contributed by atoms with Gasteiger partial charge in [-0.05, 0) is 57.7 Å². The SMILES string of the molecule is Cc1[nH]ncc1C(=O)N1CC[C@]2(CCCN(CCCc3ccccc3)C2)C1. The molecular weight excluding hydrogens is 336 g/mol. The van der Waals surface area contributed by atoms with Gasteiger partial charge in [0.15, 0.2) is 0 Å². The van der Waals surface area contributed by atoms with E-state index in [0.717, 1.165) is 50.3 Å². The Balaban J connectivity index is 1.31. The Morgan fingerprint density at radius 3 is 2.81 bits per heavy atom. The zero-order valence-corrected chi connectivity index (χ0v) is 16.3. The Hall–Kier alpha value is -2.14. The quantitative estimate of drug-likeness (QED) is 0.883. The number of piperidine rings is 1. The normalized spacial score (nSPS) is 23.2. The number of hydrogen-bond acceptors (Lipinski definition) is 3. The molecule has 1 atom stereocenters. The number of carbonyl (C=O) groups excluding carboxylic acids is 1. The van der Waals surface area contributed by atoms with Crippen LogP contribution in [0.2, 0.25) is 0 Å². The number of nitrogens with one attached hydrogen (secondary N) is 1. The zero-order valence-electron chi connectivity index (χ0n) is 16.3. The summed E-state index contributed by atoms with van der Waals surface area (Å²) in [5, 5.41) is 6.89. The number of amides is 1.